The van der Waals surface area contributed by atoms with E-state index >= 15 is 0 Å². The molecule has 0 aliphatic heterocycles. The van der Waals surface area contributed by atoms with E-state index in [2.05, 4.69) is 4.74 Å². The lowest BCUT2D eigenvalue weighted by Gasteiger charge is -2.29. The summed E-state index contributed by atoms with van der Waals surface area (Å²) in [5, 5.41) is 9.97. The molecule has 0 heterocycles. The molecule has 0 saturated heterocycles. The molecule has 0 spiro atoms. The second kappa shape index (κ2) is 8.64. The first-order valence-electron chi connectivity index (χ1n) is 6.77. The number of aliphatic hydroxyl groups excluding tert-OH is 1. The number of hydrogen-bond donors (Lipinski definition) is 1. The molecule has 116 valence electrons. The van der Waals surface area contributed by atoms with E-state index in [0.717, 1.165) is 0 Å². The van der Waals surface area contributed by atoms with Crippen LogP contribution in [0.15, 0.2) is 24.3 Å². The molecule has 0 fully saturated rings. The molecule has 0 aliphatic carbocycles. The smallest absolute Gasteiger partial charge is 0.307 e. The van der Waals surface area contributed by atoms with Gasteiger partial charge in [-0.05, 0) is 30.7 Å². The maximum absolute atomic E-state index is 12.5. The second-order valence-electron chi connectivity index (χ2n) is 4.58. The minimum atomic E-state index is -0.392. The number of carbonyl (C=O) groups excluding carboxylic acids is 2. The zero-order valence-electron chi connectivity index (χ0n) is 12.2. The second-order valence-corrected chi connectivity index (χ2v) is 5.01. The Morgan fingerprint density at radius 2 is 1.95 bits per heavy atom. The topological polar surface area (TPSA) is 66.8 Å². The van der Waals surface area contributed by atoms with Crippen molar-refractivity contribution in [3.63, 3.8) is 0 Å². The van der Waals surface area contributed by atoms with E-state index < -0.39 is 5.97 Å². The van der Waals surface area contributed by atoms with Gasteiger partial charge in [0.25, 0.3) is 5.91 Å². The number of amides is 1. The summed E-state index contributed by atoms with van der Waals surface area (Å²) in [6.07, 6.45) is 0.684. The number of carbonyl (C=O) groups is 2. The fourth-order valence-corrected chi connectivity index (χ4v) is 2.10. The predicted molar refractivity (Wildman–Crippen MR) is 80.3 cm³/mol. The fraction of sp³-hybridized carbons (Fsp3) is 0.467. The van der Waals surface area contributed by atoms with E-state index in [4.69, 9.17) is 11.6 Å². The Morgan fingerprint density at radius 1 is 1.33 bits per heavy atom. The first kappa shape index (κ1) is 17.5. The molecule has 0 saturated carbocycles. The summed E-state index contributed by atoms with van der Waals surface area (Å²) in [6.45, 7) is 1.92. The van der Waals surface area contributed by atoms with E-state index in [0.29, 0.717) is 17.0 Å². The number of rotatable bonds is 7. The van der Waals surface area contributed by atoms with Crippen molar-refractivity contribution in [2.75, 3.05) is 20.3 Å². The monoisotopic (exact) mass is 313 g/mol. The molecular formula is C15H20ClNO4. The van der Waals surface area contributed by atoms with Crippen LogP contribution in [0.5, 0.6) is 0 Å². The number of halogens is 1. The van der Waals surface area contributed by atoms with Gasteiger partial charge in [0.15, 0.2) is 0 Å². The van der Waals surface area contributed by atoms with E-state index in [9.17, 15) is 14.7 Å². The van der Waals surface area contributed by atoms with Crippen molar-refractivity contribution in [2.45, 2.75) is 25.8 Å². The number of esters is 1. The van der Waals surface area contributed by atoms with Crippen molar-refractivity contribution in [2.24, 2.45) is 0 Å². The van der Waals surface area contributed by atoms with Gasteiger partial charge in [-0.15, -0.1) is 0 Å². The van der Waals surface area contributed by atoms with E-state index in [1.54, 1.807) is 24.3 Å². The van der Waals surface area contributed by atoms with Crippen LogP contribution in [0.4, 0.5) is 0 Å². The van der Waals surface area contributed by atoms with E-state index in [-0.39, 0.29) is 31.5 Å². The van der Waals surface area contributed by atoms with Crippen LogP contribution in [0.1, 0.15) is 30.1 Å². The molecule has 1 unspecified atom stereocenters. The fourth-order valence-electron chi connectivity index (χ4n) is 1.97. The lowest BCUT2D eigenvalue weighted by Crippen LogP contribution is -2.43. The maximum Gasteiger partial charge on any atom is 0.307 e. The molecular weight excluding hydrogens is 294 g/mol. The standard InChI is InChI=1S/C15H20ClNO4/c1-3-13(10-18)17(9-8-14(19)21-2)15(20)11-4-6-12(16)7-5-11/h4-7,13,18H,3,8-10H2,1-2H3. The highest BCUT2D eigenvalue weighted by atomic mass is 35.5. The van der Waals surface area contributed by atoms with Gasteiger partial charge in [-0.25, -0.2) is 0 Å². The molecule has 0 bridgehead atoms. The summed E-state index contributed by atoms with van der Waals surface area (Å²) in [6, 6.07) is 6.18. The average Bonchev–Trinajstić information content (AvgIpc) is 2.51. The summed E-state index contributed by atoms with van der Waals surface area (Å²) < 4.78 is 4.59. The summed E-state index contributed by atoms with van der Waals surface area (Å²) in [5.74, 6) is -0.631. The van der Waals surface area contributed by atoms with E-state index in [1.807, 2.05) is 6.92 Å². The number of benzene rings is 1. The lowest BCUT2D eigenvalue weighted by molar-refractivity contribution is -0.140. The lowest BCUT2D eigenvalue weighted by atomic mass is 10.1. The largest absolute Gasteiger partial charge is 0.469 e. The maximum atomic E-state index is 12.5. The van der Waals surface area contributed by atoms with Gasteiger partial charge in [-0.2, -0.15) is 0 Å². The van der Waals surface area contributed by atoms with Crippen LogP contribution >= 0.6 is 11.6 Å². The molecule has 0 radical (unpaired) electrons. The molecule has 0 aliphatic rings. The quantitative estimate of drug-likeness (QED) is 0.783. The van der Waals surface area contributed by atoms with Crippen molar-refractivity contribution < 1.29 is 19.4 Å². The van der Waals surface area contributed by atoms with Crippen molar-refractivity contribution in [3.8, 4) is 0 Å². The van der Waals surface area contributed by atoms with Crippen molar-refractivity contribution in [1.29, 1.82) is 0 Å². The van der Waals surface area contributed by atoms with Crippen LogP contribution in [0, 0.1) is 0 Å². The highest BCUT2D eigenvalue weighted by molar-refractivity contribution is 6.30. The highest BCUT2D eigenvalue weighted by Crippen LogP contribution is 2.15. The third kappa shape index (κ3) is 5.02. The van der Waals surface area contributed by atoms with Crippen molar-refractivity contribution in [3.05, 3.63) is 34.9 Å². The molecule has 21 heavy (non-hydrogen) atoms. The Kier molecular flexibility index (Phi) is 7.19. The Bertz CT molecular complexity index is 471. The molecule has 1 aromatic rings. The minimum Gasteiger partial charge on any atom is -0.469 e. The zero-order chi connectivity index (χ0) is 15.8. The van der Waals surface area contributed by atoms with Gasteiger partial charge in [0.05, 0.1) is 26.2 Å². The van der Waals surface area contributed by atoms with Crippen LogP contribution in [-0.4, -0.2) is 48.2 Å². The van der Waals surface area contributed by atoms with Crippen LogP contribution < -0.4 is 0 Å². The zero-order valence-corrected chi connectivity index (χ0v) is 13.0. The molecule has 0 aromatic heterocycles. The Balaban J connectivity index is 2.90. The van der Waals surface area contributed by atoms with Crippen LogP contribution in [0.25, 0.3) is 0 Å². The molecule has 1 amide bonds. The Labute approximate surface area is 129 Å². The molecule has 6 heteroatoms. The molecule has 1 atom stereocenters. The van der Waals surface area contributed by atoms with Gasteiger partial charge in [-0.1, -0.05) is 18.5 Å². The molecule has 5 nitrogen and oxygen atoms in total. The third-order valence-corrected chi connectivity index (χ3v) is 3.51. The van der Waals surface area contributed by atoms with Crippen LogP contribution in [0.3, 0.4) is 0 Å². The molecule has 1 aromatic carbocycles. The van der Waals surface area contributed by atoms with Crippen LogP contribution in [-0.2, 0) is 9.53 Å². The van der Waals surface area contributed by atoms with Gasteiger partial charge in [0.1, 0.15) is 0 Å². The molecule has 1 rings (SSSR count). The van der Waals surface area contributed by atoms with Gasteiger partial charge in [0.2, 0.25) is 0 Å². The summed E-state index contributed by atoms with van der Waals surface area (Å²) >= 11 is 5.81. The number of ether oxygens (including phenoxy) is 1. The Morgan fingerprint density at radius 3 is 2.43 bits per heavy atom. The summed E-state index contributed by atoms with van der Waals surface area (Å²) in [5.41, 5.74) is 0.469. The number of aliphatic hydroxyl groups is 1. The molecule has 1 N–H and O–H groups in total. The SMILES string of the molecule is CCC(CO)N(CCC(=O)OC)C(=O)c1ccc(Cl)cc1. The first-order valence-corrected chi connectivity index (χ1v) is 7.15. The number of methoxy groups -OCH3 is 1. The minimum absolute atomic E-state index is 0.0896. The summed E-state index contributed by atoms with van der Waals surface area (Å²) in [7, 11) is 1.30. The van der Waals surface area contributed by atoms with Gasteiger partial charge >= 0.3 is 5.97 Å². The van der Waals surface area contributed by atoms with Gasteiger partial charge in [0, 0.05) is 17.1 Å². The van der Waals surface area contributed by atoms with Gasteiger partial charge < -0.3 is 14.7 Å². The summed E-state index contributed by atoms with van der Waals surface area (Å²) in [4.78, 5) is 25.3. The van der Waals surface area contributed by atoms with E-state index in [1.165, 1.54) is 12.0 Å². The number of hydrogen-bond acceptors (Lipinski definition) is 4. The van der Waals surface area contributed by atoms with Gasteiger partial charge in [-0.3, -0.25) is 9.59 Å². The Hall–Kier alpha value is -1.59. The number of nitrogens with zero attached hydrogens (tertiary/aromatic N) is 1. The average molecular weight is 314 g/mol. The first-order chi connectivity index (χ1) is 10.0. The highest BCUT2D eigenvalue weighted by Gasteiger charge is 2.23. The normalized spacial score (nSPS) is 11.8. The third-order valence-electron chi connectivity index (χ3n) is 3.26. The van der Waals surface area contributed by atoms with Crippen molar-refractivity contribution >= 4 is 23.5 Å². The predicted octanol–water partition coefficient (Wildman–Crippen LogP) is 2.12. The van der Waals surface area contributed by atoms with Crippen molar-refractivity contribution in [1.82, 2.24) is 4.90 Å². The van der Waals surface area contributed by atoms with Crippen LogP contribution in [0.2, 0.25) is 5.02 Å².